The molecule has 8 heteroatoms. The molecule has 32 heavy (non-hydrogen) atoms. The Balaban J connectivity index is 0.00000363. The van der Waals surface area contributed by atoms with Gasteiger partial charge in [-0.05, 0) is 37.1 Å². The SMILES string of the molecule is CN=C(NCCc1nc(C)c(C)s1)NCc1ccc(OCc2ccccc2)c(OC)c1.I. The molecule has 0 bridgehead atoms. The van der Waals surface area contributed by atoms with Crippen molar-refractivity contribution in [2.45, 2.75) is 33.4 Å². The van der Waals surface area contributed by atoms with E-state index in [0.29, 0.717) is 18.9 Å². The molecule has 0 amide bonds. The van der Waals surface area contributed by atoms with E-state index in [4.69, 9.17) is 9.47 Å². The summed E-state index contributed by atoms with van der Waals surface area (Å²) in [6.07, 6.45) is 0.876. The smallest absolute Gasteiger partial charge is 0.191 e. The van der Waals surface area contributed by atoms with Gasteiger partial charge in [-0.1, -0.05) is 36.4 Å². The highest BCUT2D eigenvalue weighted by atomic mass is 127. The zero-order chi connectivity index (χ0) is 22.1. The molecule has 3 aromatic rings. The monoisotopic (exact) mass is 566 g/mol. The molecule has 0 fully saturated rings. The molecule has 0 radical (unpaired) electrons. The number of thiazole rings is 1. The van der Waals surface area contributed by atoms with E-state index in [0.717, 1.165) is 46.5 Å². The normalized spacial score (nSPS) is 10.9. The van der Waals surface area contributed by atoms with Crippen molar-refractivity contribution in [2.24, 2.45) is 4.99 Å². The van der Waals surface area contributed by atoms with E-state index in [-0.39, 0.29) is 24.0 Å². The van der Waals surface area contributed by atoms with Crippen molar-refractivity contribution in [3.05, 3.63) is 75.2 Å². The zero-order valence-electron chi connectivity index (χ0n) is 19.0. The molecule has 172 valence electrons. The highest BCUT2D eigenvalue weighted by Gasteiger charge is 2.08. The topological polar surface area (TPSA) is 67.8 Å². The third-order valence-electron chi connectivity index (χ3n) is 4.85. The molecule has 0 unspecified atom stereocenters. The third-order valence-corrected chi connectivity index (χ3v) is 5.99. The molecule has 1 aromatic heterocycles. The molecule has 0 atom stereocenters. The van der Waals surface area contributed by atoms with Crippen molar-refractivity contribution < 1.29 is 9.47 Å². The number of benzene rings is 2. The van der Waals surface area contributed by atoms with Crippen LogP contribution in [-0.2, 0) is 19.6 Å². The molecule has 1 heterocycles. The fourth-order valence-electron chi connectivity index (χ4n) is 3.02. The van der Waals surface area contributed by atoms with E-state index in [2.05, 4.69) is 34.5 Å². The van der Waals surface area contributed by atoms with Crippen LogP contribution in [0.25, 0.3) is 0 Å². The van der Waals surface area contributed by atoms with Gasteiger partial charge in [-0.2, -0.15) is 0 Å². The molecule has 0 aliphatic carbocycles. The standard InChI is InChI=1S/C24H30N4O2S.HI/c1-17-18(2)31-23(28-17)12-13-26-24(25-3)27-15-20-10-11-21(22(14-20)29-4)30-16-19-8-6-5-7-9-19;/h5-11,14H,12-13,15-16H2,1-4H3,(H2,25,26,27);1H. The summed E-state index contributed by atoms with van der Waals surface area (Å²) in [5, 5.41) is 7.83. The first-order valence-corrected chi connectivity index (χ1v) is 11.1. The first kappa shape index (κ1) is 25.9. The number of rotatable bonds is 9. The summed E-state index contributed by atoms with van der Waals surface area (Å²) in [4.78, 5) is 10.2. The maximum Gasteiger partial charge on any atom is 0.191 e. The van der Waals surface area contributed by atoms with Gasteiger partial charge in [-0.25, -0.2) is 4.98 Å². The molecule has 0 aliphatic heterocycles. The average Bonchev–Trinajstić information content (AvgIpc) is 3.12. The Hall–Kier alpha value is -2.33. The van der Waals surface area contributed by atoms with Crippen LogP contribution in [0.15, 0.2) is 53.5 Å². The van der Waals surface area contributed by atoms with Gasteiger partial charge in [0.05, 0.1) is 17.8 Å². The molecule has 0 aliphatic rings. The summed E-state index contributed by atoms with van der Waals surface area (Å²) in [5.74, 6) is 2.20. The van der Waals surface area contributed by atoms with Crippen molar-refractivity contribution in [2.75, 3.05) is 20.7 Å². The van der Waals surface area contributed by atoms with Gasteiger partial charge in [0.2, 0.25) is 0 Å². The summed E-state index contributed by atoms with van der Waals surface area (Å²) in [6, 6.07) is 16.1. The number of nitrogens with zero attached hydrogens (tertiary/aromatic N) is 2. The lowest BCUT2D eigenvalue weighted by Gasteiger charge is -2.14. The molecule has 2 aromatic carbocycles. The van der Waals surface area contributed by atoms with Gasteiger partial charge in [0.25, 0.3) is 0 Å². The van der Waals surface area contributed by atoms with Gasteiger partial charge < -0.3 is 20.1 Å². The van der Waals surface area contributed by atoms with Crippen molar-refractivity contribution in [3.63, 3.8) is 0 Å². The molecular formula is C24H31IN4O2S. The molecule has 0 saturated heterocycles. The second-order valence-corrected chi connectivity index (χ2v) is 8.40. The van der Waals surface area contributed by atoms with Crippen molar-refractivity contribution in [1.82, 2.24) is 15.6 Å². The van der Waals surface area contributed by atoms with Crippen molar-refractivity contribution in [3.8, 4) is 11.5 Å². The van der Waals surface area contributed by atoms with E-state index in [1.165, 1.54) is 4.88 Å². The molecule has 0 saturated carbocycles. The van der Waals surface area contributed by atoms with E-state index in [9.17, 15) is 0 Å². The third kappa shape index (κ3) is 7.67. The van der Waals surface area contributed by atoms with Gasteiger partial charge in [0, 0.05) is 31.4 Å². The zero-order valence-corrected chi connectivity index (χ0v) is 22.1. The highest BCUT2D eigenvalue weighted by molar-refractivity contribution is 14.0. The van der Waals surface area contributed by atoms with Crippen LogP contribution in [0.1, 0.15) is 26.7 Å². The number of aryl methyl sites for hydroxylation is 2. The Bertz CT molecular complexity index is 989. The number of guanidine groups is 1. The first-order valence-electron chi connectivity index (χ1n) is 10.3. The van der Waals surface area contributed by atoms with Crippen LogP contribution in [0, 0.1) is 13.8 Å². The first-order chi connectivity index (χ1) is 15.1. The molecule has 6 nitrogen and oxygen atoms in total. The van der Waals surface area contributed by atoms with Gasteiger partial charge in [-0.15, -0.1) is 35.3 Å². The fraction of sp³-hybridized carbons (Fsp3) is 0.333. The van der Waals surface area contributed by atoms with Gasteiger partial charge >= 0.3 is 0 Å². The maximum absolute atomic E-state index is 5.93. The van der Waals surface area contributed by atoms with Crippen LogP contribution in [0.5, 0.6) is 11.5 Å². The summed E-state index contributed by atoms with van der Waals surface area (Å²) in [5.41, 5.74) is 3.32. The molecule has 3 rings (SSSR count). The van der Waals surface area contributed by atoms with E-state index in [1.54, 1.807) is 25.5 Å². The Morgan fingerprint density at radius 2 is 1.81 bits per heavy atom. The molecule has 0 spiro atoms. The van der Waals surface area contributed by atoms with Crippen molar-refractivity contribution >= 4 is 41.3 Å². The van der Waals surface area contributed by atoms with Crippen LogP contribution in [0.3, 0.4) is 0 Å². The quantitative estimate of drug-likeness (QED) is 0.220. The van der Waals surface area contributed by atoms with Crippen LogP contribution < -0.4 is 20.1 Å². The molecular weight excluding hydrogens is 535 g/mol. The fourth-order valence-corrected chi connectivity index (χ4v) is 3.95. The van der Waals surface area contributed by atoms with Crippen molar-refractivity contribution in [1.29, 1.82) is 0 Å². The minimum Gasteiger partial charge on any atom is -0.493 e. The van der Waals surface area contributed by atoms with Gasteiger partial charge in [-0.3, -0.25) is 4.99 Å². The number of ether oxygens (including phenoxy) is 2. The Kier molecular flexibility index (Phi) is 10.8. The second kappa shape index (κ2) is 13.3. The average molecular weight is 567 g/mol. The van der Waals surface area contributed by atoms with Crippen LogP contribution in [0.2, 0.25) is 0 Å². The largest absolute Gasteiger partial charge is 0.493 e. The summed E-state index contributed by atoms with van der Waals surface area (Å²) in [7, 11) is 3.43. The van der Waals surface area contributed by atoms with E-state index < -0.39 is 0 Å². The van der Waals surface area contributed by atoms with E-state index in [1.807, 2.05) is 48.5 Å². The summed E-state index contributed by atoms with van der Waals surface area (Å²) in [6.45, 7) is 6.07. The Morgan fingerprint density at radius 3 is 2.47 bits per heavy atom. The predicted molar refractivity (Wildman–Crippen MR) is 143 cm³/mol. The number of hydrogen-bond acceptors (Lipinski definition) is 5. The predicted octanol–water partition coefficient (Wildman–Crippen LogP) is 4.87. The number of hydrogen-bond donors (Lipinski definition) is 2. The number of aliphatic imine (C=N–C) groups is 1. The second-order valence-electron chi connectivity index (χ2n) is 7.11. The highest BCUT2D eigenvalue weighted by Crippen LogP contribution is 2.28. The van der Waals surface area contributed by atoms with Gasteiger partial charge in [0.15, 0.2) is 17.5 Å². The number of aromatic nitrogens is 1. The minimum absolute atomic E-state index is 0. The Morgan fingerprint density at radius 1 is 1.03 bits per heavy atom. The lowest BCUT2D eigenvalue weighted by atomic mass is 10.2. The minimum atomic E-state index is 0. The Labute approximate surface area is 211 Å². The lowest BCUT2D eigenvalue weighted by molar-refractivity contribution is 0.284. The van der Waals surface area contributed by atoms with Crippen LogP contribution >= 0.6 is 35.3 Å². The maximum atomic E-state index is 5.93. The number of nitrogens with one attached hydrogen (secondary N) is 2. The summed E-state index contributed by atoms with van der Waals surface area (Å²) >= 11 is 1.75. The van der Waals surface area contributed by atoms with Crippen LogP contribution in [-0.4, -0.2) is 31.6 Å². The number of methoxy groups -OCH3 is 1. The summed E-state index contributed by atoms with van der Waals surface area (Å²) < 4.78 is 11.5. The van der Waals surface area contributed by atoms with Crippen LogP contribution in [0.4, 0.5) is 0 Å². The lowest BCUT2D eigenvalue weighted by Crippen LogP contribution is -2.37. The van der Waals surface area contributed by atoms with E-state index >= 15 is 0 Å². The van der Waals surface area contributed by atoms with Gasteiger partial charge in [0.1, 0.15) is 6.61 Å². The number of halogens is 1. The molecule has 2 N–H and O–H groups in total.